The second kappa shape index (κ2) is 3.37. The Hall–Kier alpha value is -0.0500. The fraction of sp³-hybridized carbons (Fsp3) is 0.429. The van der Waals surface area contributed by atoms with Crippen molar-refractivity contribution in [1.82, 2.24) is 0 Å². The highest BCUT2D eigenvalue weighted by molar-refractivity contribution is 7.16. The van der Waals surface area contributed by atoms with E-state index in [9.17, 15) is 0 Å². The molecule has 0 aliphatic carbocycles. The Labute approximate surface area is 69.3 Å². The molecule has 0 aromatic carbocycles. The maximum Gasteiger partial charge on any atom is 0.0931 e. The molecule has 1 atom stereocenters. The predicted molar refractivity (Wildman–Crippen MR) is 44.7 cm³/mol. The first-order valence-electron chi connectivity index (χ1n) is 3.11. The van der Waals surface area contributed by atoms with Crippen LogP contribution in [-0.4, -0.2) is 11.2 Å². The molecule has 1 nitrogen and oxygen atoms in total. The van der Waals surface area contributed by atoms with Gasteiger partial charge in [-0.05, 0) is 19.1 Å². The highest BCUT2D eigenvalue weighted by Gasteiger charge is 2.00. The molecular formula is C7H9ClOS. The zero-order chi connectivity index (χ0) is 7.56. The average molecular weight is 177 g/mol. The number of aliphatic hydroxyl groups is 1. The molecule has 10 heavy (non-hydrogen) atoms. The van der Waals surface area contributed by atoms with Gasteiger partial charge in [-0.1, -0.05) is 11.6 Å². The van der Waals surface area contributed by atoms with Crippen molar-refractivity contribution in [2.45, 2.75) is 19.4 Å². The van der Waals surface area contributed by atoms with Gasteiger partial charge in [-0.2, -0.15) is 0 Å². The molecule has 0 fully saturated rings. The molecule has 1 aromatic rings. The van der Waals surface area contributed by atoms with Crippen molar-refractivity contribution in [3.63, 3.8) is 0 Å². The fourth-order valence-electron chi connectivity index (χ4n) is 0.753. The number of aliphatic hydroxyl groups excluding tert-OH is 1. The van der Waals surface area contributed by atoms with Crippen molar-refractivity contribution < 1.29 is 5.11 Å². The lowest BCUT2D eigenvalue weighted by atomic mass is 10.2. The Morgan fingerprint density at radius 1 is 1.70 bits per heavy atom. The molecule has 1 heterocycles. The molecule has 0 radical (unpaired) electrons. The van der Waals surface area contributed by atoms with Crippen molar-refractivity contribution in [1.29, 1.82) is 0 Å². The third kappa shape index (κ3) is 2.29. The minimum absolute atomic E-state index is 0.269. The molecule has 0 saturated heterocycles. The van der Waals surface area contributed by atoms with Crippen LogP contribution in [0.4, 0.5) is 0 Å². The summed E-state index contributed by atoms with van der Waals surface area (Å²) >= 11 is 7.20. The van der Waals surface area contributed by atoms with Crippen LogP contribution in [-0.2, 0) is 6.42 Å². The van der Waals surface area contributed by atoms with E-state index in [1.165, 1.54) is 11.3 Å². The molecule has 1 N–H and O–H groups in total. The van der Waals surface area contributed by atoms with Crippen LogP contribution in [0.1, 0.15) is 11.8 Å². The molecule has 0 aliphatic rings. The van der Waals surface area contributed by atoms with E-state index in [1.54, 1.807) is 6.92 Å². The number of hydrogen-bond acceptors (Lipinski definition) is 2. The summed E-state index contributed by atoms with van der Waals surface area (Å²) in [5.74, 6) is 0. The molecule has 0 bridgehead atoms. The monoisotopic (exact) mass is 176 g/mol. The molecule has 0 spiro atoms. The van der Waals surface area contributed by atoms with Gasteiger partial charge in [0.25, 0.3) is 0 Å². The maximum atomic E-state index is 8.98. The third-order valence-corrected chi connectivity index (χ3v) is 2.38. The summed E-state index contributed by atoms with van der Waals surface area (Å²) in [4.78, 5) is 1.14. The number of thiophene rings is 1. The molecule has 1 rings (SSSR count). The normalized spacial score (nSPS) is 13.5. The number of halogens is 1. The molecule has 0 saturated carbocycles. The summed E-state index contributed by atoms with van der Waals surface area (Å²) in [6.07, 6.45) is 0.437. The summed E-state index contributed by atoms with van der Waals surface area (Å²) < 4.78 is 0.788. The van der Waals surface area contributed by atoms with Crippen molar-refractivity contribution in [3.8, 4) is 0 Å². The highest BCUT2D eigenvalue weighted by atomic mass is 35.5. The topological polar surface area (TPSA) is 20.2 Å². The maximum absolute atomic E-state index is 8.98. The van der Waals surface area contributed by atoms with Crippen molar-refractivity contribution in [3.05, 3.63) is 21.3 Å². The van der Waals surface area contributed by atoms with Crippen LogP contribution in [0, 0.1) is 0 Å². The lowest BCUT2D eigenvalue weighted by Crippen LogP contribution is -2.01. The summed E-state index contributed by atoms with van der Waals surface area (Å²) in [6, 6.07) is 3.80. The summed E-state index contributed by atoms with van der Waals surface area (Å²) in [5.41, 5.74) is 0. The smallest absolute Gasteiger partial charge is 0.0931 e. The van der Waals surface area contributed by atoms with E-state index in [0.29, 0.717) is 6.42 Å². The molecule has 0 aliphatic heterocycles. The van der Waals surface area contributed by atoms with Gasteiger partial charge < -0.3 is 5.11 Å². The molecule has 1 aromatic heterocycles. The van der Waals surface area contributed by atoms with E-state index in [4.69, 9.17) is 16.7 Å². The van der Waals surface area contributed by atoms with E-state index in [1.807, 2.05) is 12.1 Å². The van der Waals surface area contributed by atoms with Crippen molar-refractivity contribution in [2.75, 3.05) is 0 Å². The van der Waals surface area contributed by atoms with Gasteiger partial charge in [0, 0.05) is 11.3 Å². The number of rotatable bonds is 2. The predicted octanol–water partition coefficient (Wildman–Crippen LogP) is 2.32. The Morgan fingerprint density at radius 3 is 2.80 bits per heavy atom. The van der Waals surface area contributed by atoms with E-state index in [2.05, 4.69) is 0 Å². The van der Waals surface area contributed by atoms with Crippen LogP contribution in [0.25, 0.3) is 0 Å². The quantitative estimate of drug-likeness (QED) is 0.734. The van der Waals surface area contributed by atoms with Gasteiger partial charge in [0.05, 0.1) is 10.4 Å². The summed E-state index contributed by atoms with van der Waals surface area (Å²) in [6.45, 7) is 1.77. The Bertz CT molecular complexity index is 207. The van der Waals surface area contributed by atoms with Gasteiger partial charge in [-0.15, -0.1) is 11.3 Å². The summed E-state index contributed by atoms with van der Waals surface area (Å²) in [5, 5.41) is 8.98. The van der Waals surface area contributed by atoms with Crippen LogP contribution >= 0.6 is 22.9 Å². The van der Waals surface area contributed by atoms with Gasteiger partial charge >= 0.3 is 0 Å². The number of hydrogen-bond donors (Lipinski definition) is 1. The van der Waals surface area contributed by atoms with Crippen LogP contribution in [0.5, 0.6) is 0 Å². The van der Waals surface area contributed by atoms with Gasteiger partial charge in [0.1, 0.15) is 0 Å². The second-order valence-electron chi connectivity index (χ2n) is 2.26. The minimum atomic E-state index is -0.269. The van der Waals surface area contributed by atoms with E-state index < -0.39 is 0 Å². The Balaban J connectivity index is 2.58. The van der Waals surface area contributed by atoms with E-state index in [0.717, 1.165) is 9.21 Å². The van der Waals surface area contributed by atoms with Crippen LogP contribution in [0.15, 0.2) is 12.1 Å². The average Bonchev–Trinajstić information content (AvgIpc) is 2.13. The zero-order valence-electron chi connectivity index (χ0n) is 5.67. The molecule has 0 amide bonds. The van der Waals surface area contributed by atoms with Gasteiger partial charge in [0.15, 0.2) is 0 Å². The fourth-order valence-corrected chi connectivity index (χ4v) is 1.96. The minimum Gasteiger partial charge on any atom is -0.393 e. The Kier molecular flexibility index (Phi) is 2.72. The van der Waals surface area contributed by atoms with Crippen molar-refractivity contribution >= 4 is 22.9 Å². The molecule has 0 unspecified atom stereocenters. The van der Waals surface area contributed by atoms with Gasteiger partial charge in [0.2, 0.25) is 0 Å². The molecule has 3 heteroatoms. The summed E-state index contributed by atoms with van der Waals surface area (Å²) in [7, 11) is 0. The van der Waals surface area contributed by atoms with E-state index in [-0.39, 0.29) is 6.10 Å². The SMILES string of the molecule is C[C@@H](O)Cc1ccc(Cl)s1. The highest BCUT2D eigenvalue weighted by Crippen LogP contribution is 2.22. The lowest BCUT2D eigenvalue weighted by molar-refractivity contribution is 0.196. The first kappa shape index (κ1) is 8.05. The second-order valence-corrected chi connectivity index (χ2v) is 4.06. The third-order valence-electron chi connectivity index (χ3n) is 1.13. The zero-order valence-corrected chi connectivity index (χ0v) is 7.25. The molecular weight excluding hydrogens is 168 g/mol. The lowest BCUT2D eigenvalue weighted by Gasteiger charge is -1.98. The molecule has 56 valence electrons. The van der Waals surface area contributed by atoms with Gasteiger partial charge in [-0.25, -0.2) is 0 Å². The van der Waals surface area contributed by atoms with Crippen molar-refractivity contribution in [2.24, 2.45) is 0 Å². The standard InChI is InChI=1S/C7H9ClOS/c1-5(9)4-6-2-3-7(8)10-6/h2-3,5,9H,4H2,1H3/t5-/m1/s1. The first-order valence-corrected chi connectivity index (χ1v) is 4.30. The van der Waals surface area contributed by atoms with E-state index >= 15 is 0 Å². The van der Waals surface area contributed by atoms with Crippen LogP contribution in [0.3, 0.4) is 0 Å². The van der Waals surface area contributed by atoms with Gasteiger partial charge in [-0.3, -0.25) is 0 Å². The van der Waals surface area contributed by atoms with Crippen LogP contribution < -0.4 is 0 Å². The first-order chi connectivity index (χ1) is 4.68. The Morgan fingerprint density at radius 2 is 2.40 bits per heavy atom. The van der Waals surface area contributed by atoms with Crippen LogP contribution in [0.2, 0.25) is 4.34 Å². The largest absolute Gasteiger partial charge is 0.393 e.